The van der Waals surface area contributed by atoms with E-state index in [0.717, 1.165) is 83.8 Å². The summed E-state index contributed by atoms with van der Waals surface area (Å²) < 4.78 is 9.26. The summed E-state index contributed by atoms with van der Waals surface area (Å²) in [5.74, 6) is -0.242. The zero-order chi connectivity index (χ0) is 19.5. The summed E-state index contributed by atoms with van der Waals surface area (Å²) in [6, 6.07) is 0. The first-order valence-electron chi connectivity index (χ1n) is 10.1. The van der Waals surface area contributed by atoms with E-state index in [1.807, 2.05) is 0 Å². The number of nitrogens with zero attached hydrogens (tertiary/aromatic N) is 1. The fourth-order valence-electron chi connectivity index (χ4n) is 2.95. The van der Waals surface area contributed by atoms with Gasteiger partial charge in [0, 0.05) is 19.4 Å². The summed E-state index contributed by atoms with van der Waals surface area (Å²) in [5.41, 5.74) is 0. The third-order valence-electron chi connectivity index (χ3n) is 4.58. The lowest BCUT2D eigenvalue weighted by Gasteiger charge is -2.21. The second kappa shape index (κ2) is 18.6. The van der Waals surface area contributed by atoms with Crippen LogP contribution < -0.4 is 0 Å². The van der Waals surface area contributed by atoms with Gasteiger partial charge in [0.15, 0.2) is 0 Å². The fourth-order valence-corrected chi connectivity index (χ4v) is 2.95. The number of esters is 2. The van der Waals surface area contributed by atoms with Crippen molar-refractivity contribution < 1.29 is 24.2 Å². The molecule has 154 valence electrons. The molecule has 0 aliphatic carbocycles. The zero-order valence-electron chi connectivity index (χ0n) is 16.8. The van der Waals surface area contributed by atoms with Crippen LogP contribution in [0.2, 0.25) is 0 Å². The Hall–Kier alpha value is -1.14. The number of aliphatic hydroxyl groups is 1. The minimum Gasteiger partial charge on any atom is -0.469 e. The molecule has 0 saturated heterocycles. The summed E-state index contributed by atoms with van der Waals surface area (Å²) in [5, 5.41) is 9.20. The Bertz CT molecular complexity index is 319. The van der Waals surface area contributed by atoms with Gasteiger partial charge in [0.2, 0.25) is 0 Å². The van der Waals surface area contributed by atoms with Crippen LogP contribution in [0.5, 0.6) is 0 Å². The highest BCUT2D eigenvalue weighted by atomic mass is 16.5. The van der Waals surface area contributed by atoms with Gasteiger partial charge in [0.05, 0.1) is 20.8 Å². The lowest BCUT2D eigenvalue weighted by atomic mass is 10.1. The minimum atomic E-state index is -0.121. The first-order valence-corrected chi connectivity index (χ1v) is 10.1. The van der Waals surface area contributed by atoms with E-state index in [1.165, 1.54) is 14.2 Å². The van der Waals surface area contributed by atoms with Gasteiger partial charge in [-0.2, -0.15) is 0 Å². The van der Waals surface area contributed by atoms with Crippen LogP contribution in [-0.2, 0) is 19.1 Å². The summed E-state index contributed by atoms with van der Waals surface area (Å²) in [6.07, 6.45) is 11.9. The molecule has 1 N–H and O–H groups in total. The Labute approximate surface area is 159 Å². The Morgan fingerprint density at radius 1 is 0.654 bits per heavy atom. The predicted molar refractivity (Wildman–Crippen MR) is 103 cm³/mol. The van der Waals surface area contributed by atoms with Crippen molar-refractivity contribution in [3.8, 4) is 0 Å². The number of unbranched alkanes of at least 4 members (excludes halogenated alkanes) is 8. The number of hydrogen-bond donors (Lipinski definition) is 1. The van der Waals surface area contributed by atoms with Crippen molar-refractivity contribution in [2.75, 3.05) is 40.5 Å². The van der Waals surface area contributed by atoms with Crippen molar-refractivity contribution in [3.05, 3.63) is 0 Å². The Balaban J connectivity index is 3.55. The van der Waals surface area contributed by atoms with Gasteiger partial charge in [0.1, 0.15) is 0 Å². The van der Waals surface area contributed by atoms with E-state index in [4.69, 9.17) is 0 Å². The largest absolute Gasteiger partial charge is 0.469 e. The average Bonchev–Trinajstić information content (AvgIpc) is 2.65. The molecule has 0 bridgehead atoms. The van der Waals surface area contributed by atoms with E-state index in [0.29, 0.717) is 12.8 Å². The monoisotopic (exact) mass is 373 g/mol. The van der Waals surface area contributed by atoms with E-state index in [-0.39, 0.29) is 18.5 Å². The highest BCUT2D eigenvalue weighted by Crippen LogP contribution is 2.09. The SMILES string of the molecule is COC(=O)CCCCCCCN(CCO)CCCCCCCC(=O)OC. The molecule has 0 radical (unpaired) electrons. The molecule has 0 heterocycles. The third kappa shape index (κ3) is 16.3. The number of rotatable bonds is 18. The zero-order valence-corrected chi connectivity index (χ0v) is 16.8. The van der Waals surface area contributed by atoms with Crippen molar-refractivity contribution in [3.63, 3.8) is 0 Å². The average molecular weight is 374 g/mol. The van der Waals surface area contributed by atoms with Crippen molar-refractivity contribution in [2.24, 2.45) is 0 Å². The lowest BCUT2D eigenvalue weighted by Crippen LogP contribution is -2.29. The molecular formula is C20H39NO5. The van der Waals surface area contributed by atoms with Crippen molar-refractivity contribution >= 4 is 11.9 Å². The van der Waals surface area contributed by atoms with Crippen molar-refractivity contribution in [2.45, 2.75) is 77.0 Å². The van der Waals surface area contributed by atoms with Gasteiger partial charge in [-0.1, -0.05) is 38.5 Å². The Morgan fingerprint density at radius 3 is 1.42 bits per heavy atom. The van der Waals surface area contributed by atoms with Crippen LogP contribution in [-0.4, -0.2) is 62.4 Å². The topological polar surface area (TPSA) is 76.1 Å². The molecule has 0 unspecified atom stereocenters. The summed E-state index contributed by atoms with van der Waals surface area (Å²) >= 11 is 0. The molecule has 6 heteroatoms. The molecule has 0 aliphatic heterocycles. The number of carbonyl (C=O) groups is 2. The van der Waals surface area contributed by atoms with Crippen LogP contribution in [0, 0.1) is 0 Å². The smallest absolute Gasteiger partial charge is 0.305 e. The van der Waals surface area contributed by atoms with Crippen LogP contribution in [0.25, 0.3) is 0 Å². The van der Waals surface area contributed by atoms with E-state index < -0.39 is 0 Å². The molecule has 0 saturated carbocycles. The van der Waals surface area contributed by atoms with E-state index in [2.05, 4.69) is 14.4 Å². The molecule has 0 aromatic heterocycles. The van der Waals surface area contributed by atoms with Gasteiger partial charge in [-0.3, -0.25) is 9.59 Å². The molecule has 0 aromatic rings. The lowest BCUT2D eigenvalue weighted by molar-refractivity contribution is -0.141. The first-order chi connectivity index (χ1) is 12.6. The normalized spacial score (nSPS) is 10.9. The first kappa shape index (κ1) is 24.9. The van der Waals surface area contributed by atoms with Gasteiger partial charge in [-0.25, -0.2) is 0 Å². The van der Waals surface area contributed by atoms with Crippen LogP contribution in [0.3, 0.4) is 0 Å². The summed E-state index contributed by atoms with van der Waals surface area (Å²) in [4.78, 5) is 24.4. The molecule has 0 spiro atoms. The third-order valence-corrected chi connectivity index (χ3v) is 4.58. The Morgan fingerprint density at radius 2 is 1.04 bits per heavy atom. The molecule has 26 heavy (non-hydrogen) atoms. The van der Waals surface area contributed by atoms with E-state index in [1.54, 1.807) is 0 Å². The van der Waals surface area contributed by atoms with Gasteiger partial charge in [-0.05, 0) is 38.8 Å². The van der Waals surface area contributed by atoms with Crippen molar-refractivity contribution in [1.29, 1.82) is 0 Å². The van der Waals surface area contributed by atoms with Crippen molar-refractivity contribution in [1.82, 2.24) is 4.90 Å². The van der Waals surface area contributed by atoms with Gasteiger partial charge in [0.25, 0.3) is 0 Å². The number of hydrogen-bond acceptors (Lipinski definition) is 6. The number of methoxy groups -OCH3 is 2. The number of aliphatic hydroxyl groups excluding tert-OH is 1. The van der Waals surface area contributed by atoms with Gasteiger partial charge >= 0.3 is 11.9 Å². The fraction of sp³-hybridized carbons (Fsp3) is 0.900. The van der Waals surface area contributed by atoms with Crippen LogP contribution >= 0.6 is 0 Å². The molecule has 0 aromatic carbocycles. The maximum Gasteiger partial charge on any atom is 0.305 e. The molecule has 6 nitrogen and oxygen atoms in total. The molecule has 0 atom stereocenters. The van der Waals surface area contributed by atoms with Crippen LogP contribution in [0.1, 0.15) is 77.0 Å². The highest BCUT2D eigenvalue weighted by Gasteiger charge is 2.05. The molecule has 0 rings (SSSR count). The maximum atomic E-state index is 11.0. The van der Waals surface area contributed by atoms with E-state index >= 15 is 0 Å². The standard InChI is InChI=1S/C20H39NO5/c1-25-19(23)13-9-5-3-7-11-15-21(17-18-22)16-12-8-4-6-10-14-20(24)26-2/h22H,3-18H2,1-2H3. The van der Waals surface area contributed by atoms with E-state index in [9.17, 15) is 14.7 Å². The molecule has 0 aliphatic rings. The maximum absolute atomic E-state index is 11.0. The summed E-state index contributed by atoms with van der Waals surface area (Å²) in [6.45, 7) is 3.00. The molecular weight excluding hydrogens is 334 g/mol. The number of ether oxygens (including phenoxy) is 2. The quantitative estimate of drug-likeness (QED) is 0.293. The molecule has 0 amide bonds. The minimum absolute atomic E-state index is 0.121. The van der Waals surface area contributed by atoms with Gasteiger partial charge in [-0.15, -0.1) is 0 Å². The predicted octanol–water partition coefficient (Wildman–Crippen LogP) is 3.31. The number of carbonyl (C=O) groups excluding carboxylic acids is 2. The van der Waals surface area contributed by atoms with Crippen LogP contribution in [0.4, 0.5) is 0 Å². The van der Waals surface area contributed by atoms with Gasteiger partial charge < -0.3 is 19.5 Å². The Kier molecular flexibility index (Phi) is 17.8. The summed E-state index contributed by atoms with van der Waals surface area (Å²) in [7, 11) is 2.86. The second-order valence-electron chi connectivity index (χ2n) is 6.75. The second-order valence-corrected chi connectivity index (χ2v) is 6.75. The van der Waals surface area contributed by atoms with Crippen LogP contribution in [0.15, 0.2) is 0 Å². The highest BCUT2D eigenvalue weighted by molar-refractivity contribution is 5.69. The molecule has 0 fully saturated rings.